The van der Waals surface area contributed by atoms with Gasteiger partial charge < -0.3 is 9.69 Å². The van der Waals surface area contributed by atoms with Gasteiger partial charge >= 0.3 is 0 Å². The molecule has 1 aliphatic heterocycles. The molecule has 0 N–H and O–H groups in total. The highest BCUT2D eigenvalue weighted by molar-refractivity contribution is 5.53. The highest BCUT2D eigenvalue weighted by Gasteiger charge is 2.18. The number of piperazine rings is 1. The van der Waals surface area contributed by atoms with Crippen LogP contribution < -0.4 is 4.90 Å². The van der Waals surface area contributed by atoms with Crippen molar-refractivity contribution in [2.45, 2.75) is 39.2 Å². The molecule has 0 amide bonds. The highest BCUT2D eigenvalue weighted by atomic mass is 16.1. The largest absolute Gasteiger partial charge is 0.369 e. The van der Waals surface area contributed by atoms with E-state index in [4.69, 9.17) is 0 Å². The first kappa shape index (κ1) is 15.0. The SMILES string of the molecule is CC(CC=O)c1ccc(N2CCN(C(C)C)CC2)cc1. The molecule has 0 saturated carbocycles. The summed E-state index contributed by atoms with van der Waals surface area (Å²) in [5.41, 5.74) is 2.55. The fraction of sp³-hybridized carbons (Fsp3) is 0.588. The fourth-order valence-corrected chi connectivity index (χ4v) is 2.79. The summed E-state index contributed by atoms with van der Waals surface area (Å²) in [4.78, 5) is 15.6. The van der Waals surface area contributed by atoms with Gasteiger partial charge in [0.05, 0.1) is 0 Å². The van der Waals surface area contributed by atoms with Gasteiger partial charge in [-0.1, -0.05) is 19.1 Å². The van der Waals surface area contributed by atoms with Crippen LogP contribution in [-0.2, 0) is 4.79 Å². The molecular formula is C17H26N2O. The summed E-state index contributed by atoms with van der Waals surface area (Å²) < 4.78 is 0. The molecule has 1 unspecified atom stereocenters. The molecule has 0 spiro atoms. The van der Waals surface area contributed by atoms with E-state index in [0.29, 0.717) is 18.4 Å². The average molecular weight is 274 g/mol. The molecule has 1 aliphatic rings. The monoisotopic (exact) mass is 274 g/mol. The summed E-state index contributed by atoms with van der Waals surface area (Å²) in [5, 5.41) is 0. The van der Waals surface area contributed by atoms with Gasteiger partial charge in [0.1, 0.15) is 6.29 Å². The van der Waals surface area contributed by atoms with Crippen LogP contribution in [-0.4, -0.2) is 43.4 Å². The summed E-state index contributed by atoms with van der Waals surface area (Å²) in [6.45, 7) is 11.1. The van der Waals surface area contributed by atoms with E-state index in [1.807, 2.05) is 0 Å². The van der Waals surface area contributed by atoms with Crippen molar-refractivity contribution in [3.05, 3.63) is 29.8 Å². The average Bonchev–Trinajstić information content (AvgIpc) is 2.48. The Labute approximate surface area is 122 Å². The van der Waals surface area contributed by atoms with Gasteiger partial charge in [-0.15, -0.1) is 0 Å². The van der Waals surface area contributed by atoms with Crippen molar-refractivity contribution in [1.82, 2.24) is 4.90 Å². The topological polar surface area (TPSA) is 23.6 Å². The minimum absolute atomic E-state index is 0.319. The van der Waals surface area contributed by atoms with Crippen LogP contribution in [0.5, 0.6) is 0 Å². The first-order valence-corrected chi connectivity index (χ1v) is 7.64. The maximum absolute atomic E-state index is 10.6. The molecule has 1 aromatic carbocycles. The van der Waals surface area contributed by atoms with Crippen molar-refractivity contribution in [1.29, 1.82) is 0 Å². The van der Waals surface area contributed by atoms with Gasteiger partial charge in [-0.3, -0.25) is 4.90 Å². The van der Waals surface area contributed by atoms with E-state index in [1.165, 1.54) is 11.3 Å². The van der Waals surface area contributed by atoms with Gasteiger partial charge in [0.2, 0.25) is 0 Å². The molecule has 1 atom stereocenters. The first-order chi connectivity index (χ1) is 9.61. The second kappa shape index (κ2) is 6.89. The number of anilines is 1. The van der Waals surface area contributed by atoms with E-state index in [2.05, 4.69) is 54.8 Å². The summed E-state index contributed by atoms with van der Waals surface area (Å²) in [5.74, 6) is 0.319. The smallest absolute Gasteiger partial charge is 0.120 e. The molecule has 0 bridgehead atoms. The lowest BCUT2D eigenvalue weighted by Crippen LogP contribution is -2.48. The van der Waals surface area contributed by atoms with E-state index >= 15 is 0 Å². The van der Waals surface area contributed by atoms with Crippen LogP contribution in [0.3, 0.4) is 0 Å². The molecule has 0 aromatic heterocycles. The van der Waals surface area contributed by atoms with Crippen molar-refractivity contribution in [2.75, 3.05) is 31.1 Å². The van der Waals surface area contributed by atoms with Crippen LogP contribution >= 0.6 is 0 Å². The minimum atomic E-state index is 0.319. The zero-order valence-corrected chi connectivity index (χ0v) is 12.9. The third-order valence-electron chi connectivity index (χ3n) is 4.32. The number of carbonyl (C=O) groups excluding carboxylic acids is 1. The minimum Gasteiger partial charge on any atom is -0.369 e. The zero-order chi connectivity index (χ0) is 14.5. The number of hydrogen-bond acceptors (Lipinski definition) is 3. The molecule has 1 heterocycles. The van der Waals surface area contributed by atoms with Crippen molar-refractivity contribution in [2.24, 2.45) is 0 Å². The maximum atomic E-state index is 10.6. The third-order valence-corrected chi connectivity index (χ3v) is 4.32. The van der Waals surface area contributed by atoms with E-state index in [0.717, 1.165) is 32.5 Å². The molecule has 110 valence electrons. The lowest BCUT2D eigenvalue weighted by Gasteiger charge is -2.38. The van der Waals surface area contributed by atoms with E-state index in [-0.39, 0.29) is 0 Å². The molecule has 0 aliphatic carbocycles. The normalized spacial score (nSPS) is 18.3. The van der Waals surface area contributed by atoms with Crippen molar-refractivity contribution >= 4 is 12.0 Å². The maximum Gasteiger partial charge on any atom is 0.120 e. The number of nitrogens with zero attached hydrogens (tertiary/aromatic N) is 2. The van der Waals surface area contributed by atoms with Crippen LogP contribution in [0.4, 0.5) is 5.69 Å². The lowest BCUT2D eigenvalue weighted by molar-refractivity contribution is -0.108. The van der Waals surface area contributed by atoms with Gasteiger partial charge in [-0.05, 0) is 37.5 Å². The number of benzene rings is 1. The van der Waals surface area contributed by atoms with Gasteiger partial charge in [0.15, 0.2) is 0 Å². The van der Waals surface area contributed by atoms with Crippen molar-refractivity contribution < 1.29 is 4.79 Å². The van der Waals surface area contributed by atoms with Crippen LogP contribution in [0.25, 0.3) is 0 Å². The lowest BCUT2D eigenvalue weighted by atomic mass is 9.98. The molecular weight excluding hydrogens is 248 g/mol. The molecule has 1 aromatic rings. The predicted octanol–water partition coefficient (Wildman–Crippen LogP) is 2.91. The molecule has 3 nitrogen and oxygen atoms in total. The number of carbonyl (C=O) groups is 1. The molecule has 1 saturated heterocycles. The van der Waals surface area contributed by atoms with Crippen molar-refractivity contribution in [3.8, 4) is 0 Å². The van der Waals surface area contributed by atoms with Crippen LogP contribution in [0.1, 0.15) is 38.7 Å². The Morgan fingerprint density at radius 1 is 1.05 bits per heavy atom. The van der Waals surface area contributed by atoms with E-state index in [9.17, 15) is 4.79 Å². The molecule has 1 fully saturated rings. The van der Waals surface area contributed by atoms with E-state index < -0.39 is 0 Å². The van der Waals surface area contributed by atoms with E-state index in [1.54, 1.807) is 0 Å². The number of hydrogen-bond donors (Lipinski definition) is 0. The Hall–Kier alpha value is -1.35. The van der Waals surface area contributed by atoms with Crippen LogP contribution in [0, 0.1) is 0 Å². The zero-order valence-electron chi connectivity index (χ0n) is 12.9. The second-order valence-electron chi connectivity index (χ2n) is 6.01. The second-order valence-corrected chi connectivity index (χ2v) is 6.01. The Balaban J connectivity index is 1.95. The number of aldehydes is 1. The van der Waals surface area contributed by atoms with Gasteiger partial charge in [0, 0.05) is 44.3 Å². The third kappa shape index (κ3) is 3.60. The van der Waals surface area contributed by atoms with Gasteiger partial charge in [-0.25, -0.2) is 0 Å². The molecule has 2 rings (SSSR count). The molecule has 20 heavy (non-hydrogen) atoms. The van der Waals surface area contributed by atoms with Crippen LogP contribution in [0.15, 0.2) is 24.3 Å². The Morgan fingerprint density at radius 3 is 2.15 bits per heavy atom. The predicted molar refractivity (Wildman–Crippen MR) is 84.5 cm³/mol. The van der Waals surface area contributed by atoms with Crippen LogP contribution in [0.2, 0.25) is 0 Å². The summed E-state index contributed by atoms with van der Waals surface area (Å²) >= 11 is 0. The highest BCUT2D eigenvalue weighted by Crippen LogP contribution is 2.23. The Bertz CT molecular complexity index is 419. The first-order valence-electron chi connectivity index (χ1n) is 7.64. The summed E-state index contributed by atoms with van der Waals surface area (Å²) in [7, 11) is 0. The van der Waals surface area contributed by atoms with Gasteiger partial charge in [-0.2, -0.15) is 0 Å². The van der Waals surface area contributed by atoms with Gasteiger partial charge in [0.25, 0.3) is 0 Å². The standard InChI is InChI=1S/C17H26N2O/c1-14(2)18-9-11-19(12-10-18)17-6-4-16(5-7-17)15(3)8-13-20/h4-7,13-15H,8-12H2,1-3H3. The number of rotatable bonds is 5. The molecule has 3 heteroatoms. The van der Waals surface area contributed by atoms with Crippen molar-refractivity contribution in [3.63, 3.8) is 0 Å². The Morgan fingerprint density at radius 2 is 1.65 bits per heavy atom. The summed E-state index contributed by atoms with van der Waals surface area (Å²) in [6, 6.07) is 9.36. The fourth-order valence-electron chi connectivity index (χ4n) is 2.79. The summed E-state index contributed by atoms with van der Waals surface area (Å²) in [6.07, 6.45) is 1.61. The quantitative estimate of drug-likeness (QED) is 0.771. The Kier molecular flexibility index (Phi) is 5.18. The molecule has 0 radical (unpaired) electrons.